The van der Waals surface area contributed by atoms with Gasteiger partial charge in [0.15, 0.2) is 4.34 Å². The van der Waals surface area contributed by atoms with Crippen LogP contribution in [-0.2, 0) is 4.74 Å². The van der Waals surface area contributed by atoms with Crippen LogP contribution in [0.3, 0.4) is 0 Å². The largest absolute Gasteiger partial charge is 0.477 e. The zero-order chi connectivity index (χ0) is 12.1. The molecule has 16 heavy (non-hydrogen) atoms. The first-order valence-electron chi connectivity index (χ1n) is 4.96. The van der Waals surface area contributed by atoms with Gasteiger partial charge in [-0.05, 0) is 20.8 Å². The van der Waals surface area contributed by atoms with E-state index in [-0.39, 0.29) is 6.10 Å². The van der Waals surface area contributed by atoms with Crippen molar-refractivity contribution in [3.8, 4) is 0 Å². The van der Waals surface area contributed by atoms with Gasteiger partial charge >= 0.3 is 5.97 Å². The van der Waals surface area contributed by atoms with Crippen molar-refractivity contribution in [1.29, 1.82) is 0 Å². The van der Waals surface area contributed by atoms with E-state index in [1.807, 2.05) is 13.8 Å². The number of ether oxygens (including phenoxy) is 1. The Morgan fingerprint density at radius 3 is 2.81 bits per heavy atom. The SMILES string of the molecule is Cc1nc(SCCOC(C)C)sc1C(=O)O. The summed E-state index contributed by atoms with van der Waals surface area (Å²) >= 11 is 2.76. The fourth-order valence-corrected chi connectivity index (χ4v) is 2.97. The minimum Gasteiger partial charge on any atom is -0.477 e. The smallest absolute Gasteiger partial charge is 0.347 e. The van der Waals surface area contributed by atoms with E-state index in [4.69, 9.17) is 9.84 Å². The molecule has 0 spiro atoms. The maximum Gasteiger partial charge on any atom is 0.347 e. The fourth-order valence-electron chi connectivity index (χ4n) is 1.04. The van der Waals surface area contributed by atoms with E-state index >= 15 is 0 Å². The maximum absolute atomic E-state index is 10.8. The maximum atomic E-state index is 10.8. The number of carboxylic acid groups (broad SMARTS) is 1. The van der Waals surface area contributed by atoms with Gasteiger partial charge in [0.2, 0.25) is 0 Å². The Bertz CT molecular complexity index is 363. The molecular formula is C10H15NO3S2. The molecule has 0 aromatic carbocycles. The first kappa shape index (κ1) is 13.5. The molecule has 0 bridgehead atoms. The molecule has 0 amide bonds. The first-order valence-corrected chi connectivity index (χ1v) is 6.76. The summed E-state index contributed by atoms with van der Waals surface area (Å²) in [7, 11) is 0. The van der Waals surface area contributed by atoms with Crippen molar-refractivity contribution >= 4 is 29.1 Å². The van der Waals surface area contributed by atoms with Crippen LogP contribution in [0.1, 0.15) is 29.2 Å². The van der Waals surface area contributed by atoms with E-state index in [1.165, 1.54) is 23.1 Å². The third-order valence-electron chi connectivity index (χ3n) is 1.73. The summed E-state index contributed by atoms with van der Waals surface area (Å²) in [5.41, 5.74) is 0.588. The van der Waals surface area contributed by atoms with Gasteiger partial charge in [0.05, 0.1) is 18.4 Å². The van der Waals surface area contributed by atoms with E-state index in [0.29, 0.717) is 17.2 Å². The number of carbonyl (C=O) groups is 1. The summed E-state index contributed by atoms with van der Waals surface area (Å²) in [5.74, 6) is -0.107. The average molecular weight is 261 g/mol. The Hall–Kier alpha value is -0.590. The molecular weight excluding hydrogens is 246 g/mol. The topological polar surface area (TPSA) is 59.4 Å². The van der Waals surface area contributed by atoms with E-state index in [1.54, 1.807) is 6.92 Å². The summed E-state index contributed by atoms with van der Waals surface area (Å²) in [6, 6.07) is 0. The Kier molecular flexibility index (Phi) is 5.24. The second kappa shape index (κ2) is 6.22. The normalized spacial score (nSPS) is 11.0. The zero-order valence-electron chi connectivity index (χ0n) is 9.52. The van der Waals surface area contributed by atoms with Crippen LogP contribution in [0.5, 0.6) is 0 Å². The molecule has 1 aromatic rings. The molecule has 0 aliphatic heterocycles. The quantitative estimate of drug-likeness (QED) is 0.630. The summed E-state index contributed by atoms with van der Waals surface area (Å²) in [6.07, 6.45) is 0.230. The average Bonchev–Trinajstić information content (AvgIpc) is 2.54. The van der Waals surface area contributed by atoms with Crippen molar-refractivity contribution in [2.75, 3.05) is 12.4 Å². The van der Waals surface area contributed by atoms with Crippen LogP contribution in [0.15, 0.2) is 4.34 Å². The molecule has 0 saturated carbocycles. The molecule has 0 unspecified atom stereocenters. The lowest BCUT2D eigenvalue weighted by Crippen LogP contribution is -2.05. The number of hydrogen-bond donors (Lipinski definition) is 1. The highest BCUT2D eigenvalue weighted by atomic mass is 32.2. The van der Waals surface area contributed by atoms with Crippen LogP contribution in [0.4, 0.5) is 0 Å². The van der Waals surface area contributed by atoms with Crippen LogP contribution in [0, 0.1) is 6.92 Å². The second-order valence-corrected chi connectivity index (χ2v) is 5.81. The minimum absolute atomic E-state index is 0.230. The van der Waals surface area contributed by atoms with Gasteiger partial charge in [-0.15, -0.1) is 11.3 Å². The van der Waals surface area contributed by atoms with Crippen LogP contribution < -0.4 is 0 Å². The van der Waals surface area contributed by atoms with Crippen molar-refractivity contribution in [3.05, 3.63) is 10.6 Å². The van der Waals surface area contributed by atoms with Gasteiger partial charge in [-0.1, -0.05) is 11.8 Å². The fraction of sp³-hybridized carbons (Fsp3) is 0.600. The Morgan fingerprint density at radius 1 is 1.62 bits per heavy atom. The van der Waals surface area contributed by atoms with Gasteiger partial charge in [-0.3, -0.25) is 0 Å². The number of aryl methyl sites for hydroxylation is 1. The third-order valence-corrected chi connectivity index (χ3v) is 3.98. The molecule has 0 saturated heterocycles. The van der Waals surface area contributed by atoms with Crippen LogP contribution in [0.2, 0.25) is 0 Å². The molecule has 1 N–H and O–H groups in total. The van der Waals surface area contributed by atoms with E-state index in [9.17, 15) is 4.79 Å². The molecule has 0 atom stereocenters. The lowest BCUT2D eigenvalue weighted by Gasteiger charge is -2.05. The molecule has 6 heteroatoms. The van der Waals surface area contributed by atoms with Gasteiger partial charge in [-0.2, -0.15) is 0 Å². The molecule has 0 fully saturated rings. The number of thiazole rings is 1. The van der Waals surface area contributed by atoms with Gasteiger partial charge in [0.25, 0.3) is 0 Å². The minimum atomic E-state index is -0.903. The number of nitrogens with zero attached hydrogens (tertiary/aromatic N) is 1. The zero-order valence-corrected chi connectivity index (χ0v) is 11.2. The number of aromatic nitrogens is 1. The Morgan fingerprint density at radius 2 is 2.31 bits per heavy atom. The Balaban J connectivity index is 2.43. The lowest BCUT2D eigenvalue weighted by atomic mass is 10.4. The van der Waals surface area contributed by atoms with Gasteiger partial charge in [0.1, 0.15) is 4.88 Å². The Labute approximate surface area is 103 Å². The van der Waals surface area contributed by atoms with Gasteiger partial charge in [-0.25, -0.2) is 9.78 Å². The van der Waals surface area contributed by atoms with Crippen LogP contribution >= 0.6 is 23.1 Å². The molecule has 0 aliphatic carbocycles. The van der Waals surface area contributed by atoms with E-state index < -0.39 is 5.97 Å². The molecule has 1 heterocycles. The molecule has 1 aromatic heterocycles. The standard InChI is InChI=1S/C10H15NO3S2/c1-6(2)14-4-5-15-10-11-7(3)8(16-10)9(12)13/h6H,4-5H2,1-3H3,(H,12,13). The highest BCUT2D eigenvalue weighted by Crippen LogP contribution is 2.26. The van der Waals surface area contributed by atoms with Crippen molar-refractivity contribution in [2.24, 2.45) is 0 Å². The van der Waals surface area contributed by atoms with Crippen molar-refractivity contribution in [2.45, 2.75) is 31.2 Å². The van der Waals surface area contributed by atoms with E-state index in [0.717, 1.165) is 10.1 Å². The summed E-state index contributed by atoms with van der Waals surface area (Å²) in [5, 5.41) is 8.86. The van der Waals surface area contributed by atoms with E-state index in [2.05, 4.69) is 4.98 Å². The second-order valence-electron chi connectivity index (χ2n) is 3.47. The number of hydrogen-bond acceptors (Lipinski definition) is 5. The van der Waals surface area contributed by atoms with Crippen LogP contribution in [-0.4, -0.2) is 34.5 Å². The van der Waals surface area contributed by atoms with Crippen molar-refractivity contribution < 1.29 is 14.6 Å². The first-order chi connectivity index (χ1) is 7.50. The van der Waals surface area contributed by atoms with Crippen LogP contribution in [0.25, 0.3) is 0 Å². The molecule has 0 aliphatic rings. The molecule has 1 rings (SSSR count). The predicted molar refractivity (Wildman–Crippen MR) is 65.6 cm³/mol. The predicted octanol–water partition coefficient (Wildman–Crippen LogP) is 2.67. The summed E-state index contributed by atoms with van der Waals surface area (Å²) < 4.78 is 6.18. The summed E-state index contributed by atoms with van der Waals surface area (Å²) in [6.45, 7) is 6.35. The molecule has 4 nitrogen and oxygen atoms in total. The number of rotatable bonds is 6. The summed E-state index contributed by atoms with van der Waals surface area (Å²) in [4.78, 5) is 15.3. The van der Waals surface area contributed by atoms with Crippen molar-refractivity contribution in [1.82, 2.24) is 4.98 Å². The van der Waals surface area contributed by atoms with Gasteiger partial charge in [0, 0.05) is 5.75 Å². The highest BCUT2D eigenvalue weighted by molar-refractivity contribution is 8.01. The number of thioether (sulfide) groups is 1. The van der Waals surface area contributed by atoms with Crippen molar-refractivity contribution in [3.63, 3.8) is 0 Å². The highest BCUT2D eigenvalue weighted by Gasteiger charge is 2.13. The number of aromatic carboxylic acids is 1. The molecule has 90 valence electrons. The number of carboxylic acids is 1. The third kappa shape index (κ3) is 4.11. The molecule has 0 radical (unpaired) electrons. The monoisotopic (exact) mass is 261 g/mol. The van der Waals surface area contributed by atoms with Gasteiger partial charge < -0.3 is 9.84 Å². The lowest BCUT2D eigenvalue weighted by molar-refractivity contribution is 0.0701.